The topological polar surface area (TPSA) is 96.4 Å². The lowest BCUT2D eigenvalue weighted by atomic mass is 10.1. The molecule has 0 aliphatic heterocycles. The normalized spacial score (nSPS) is 11.4. The van der Waals surface area contributed by atoms with Gasteiger partial charge in [-0.3, -0.25) is 0 Å². The summed E-state index contributed by atoms with van der Waals surface area (Å²) in [4.78, 5) is 14.8. The van der Waals surface area contributed by atoms with Crippen LogP contribution in [-0.4, -0.2) is 24.5 Å². The molecular formula is C12H12N2O4S2. The maximum Gasteiger partial charge on any atom is 0.335 e. The SMILES string of the molecule is O=C(O)c1cccc(CS(=O)(=O)NCc2nccs2)c1. The molecule has 0 saturated carbocycles. The van der Waals surface area contributed by atoms with E-state index in [4.69, 9.17) is 5.11 Å². The van der Waals surface area contributed by atoms with Crippen molar-refractivity contribution in [2.75, 3.05) is 0 Å². The van der Waals surface area contributed by atoms with E-state index in [9.17, 15) is 13.2 Å². The average Bonchev–Trinajstić information content (AvgIpc) is 2.89. The number of carboxylic acids is 1. The minimum atomic E-state index is -3.53. The molecule has 2 aromatic rings. The Hall–Kier alpha value is -1.77. The predicted octanol–water partition coefficient (Wildman–Crippen LogP) is 1.46. The van der Waals surface area contributed by atoms with Gasteiger partial charge in [-0.2, -0.15) is 0 Å². The second-order valence-corrected chi connectivity index (χ2v) is 6.80. The van der Waals surface area contributed by atoms with E-state index >= 15 is 0 Å². The van der Waals surface area contributed by atoms with Crippen molar-refractivity contribution < 1.29 is 18.3 Å². The van der Waals surface area contributed by atoms with Gasteiger partial charge in [0.05, 0.1) is 17.9 Å². The van der Waals surface area contributed by atoms with Gasteiger partial charge in [-0.05, 0) is 17.7 Å². The van der Waals surface area contributed by atoms with Crippen molar-refractivity contribution in [2.24, 2.45) is 0 Å². The van der Waals surface area contributed by atoms with Crippen molar-refractivity contribution in [1.29, 1.82) is 0 Å². The summed E-state index contributed by atoms with van der Waals surface area (Å²) in [6, 6.07) is 5.87. The molecule has 106 valence electrons. The van der Waals surface area contributed by atoms with Gasteiger partial charge in [-0.1, -0.05) is 12.1 Å². The fraction of sp³-hybridized carbons (Fsp3) is 0.167. The molecule has 1 aromatic carbocycles. The lowest BCUT2D eigenvalue weighted by molar-refractivity contribution is 0.0696. The van der Waals surface area contributed by atoms with Crippen LogP contribution in [0.25, 0.3) is 0 Å². The molecule has 6 nitrogen and oxygen atoms in total. The summed E-state index contributed by atoms with van der Waals surface area (Å²) in [6.45, 7) is 0.138. The molecule has 1 heterocycles. The first-order chi connectivity index (χ1) is 9.46. The number of aromatic nitrogens is 1. The molecule has 0 saturated heterocycles. The molecule has 0 atom stereocenters. The zero-order valence-electron chi connectivity index (χ0n) is 10.3. The van der Waals surface area contributed by atoms with E-state index in [0.29, 0.717) is 10.6 Å². The predicted molar refractivity (Wildman–Crippen MR) is 75.0 cm³/mol. The van der Waals surface area contributed by atoms with Crippen LogP contribution in [0.4, 0.5) is 0 Å². The van der Waals surface area contributed by atoms with E-state index in [2.05, 4.69) is 9.71 Å². The largest absolute Gasteiger partial charge is 0.478 e. The monoisotopic (exact) mass is 312 g/mol. The van der Waals surface area contributed by atoms with Crippen LogP contribution < -0.4 is 4.72 Å². The molecule has 0 fully saturated rings. The van der Waals surface area contributed by atoms with Gasteiger partial charge < -0.3 is 5.11 Å². The van der Waals surface area contributed by atoms with Crippen molar-refractivity contribution in [3.63, 3.8) is 0 Å². The van der Waals surface area contributed by atoms with Crippen LogP contribution in [0.1, 0.15) is 20.9 Å². The van der Waals surface area contributed by atoms with Crippen molar-refractivity contribution in [3.8, 4) is 0 Å². The first kappa shape index (κ1) is 14.6. The van der Waals surface area contributed by atoms with Crippen LogP contribution in [0.2, 0.25) is 0 Å². The Balaban J connectivity index is 2.04. The average molecular weight is 312 g/mol. The second-order valence-electron chi connectivity index (χ2n) is 4.01. The molecule has 2 rings (SSSR count). The van der Waals surface area contributed by atoms with E-state index in [1.54, 1.807) is 17.6 Å². The lowest BCUT2D eigenvalue weighted by Gasteiger charge is -2.06. The molecule has 1 aromatic heterocycles. The van der Waals surface area contributed by atoms with Gasteiger partial charge in [0.15, 0.2) is 0 Å². The number of nitrogens with zero attached hydrogens (tertiary/aromatic N) is 1. The number of hydrogen-bond donors (Lipinski definition) is 2. The van der Waals surface area contributed by atoms with E-state index in [0.717, 1.165) is 0 Å². The Morgan fingerprint density at radius 1 is 1.40 bits per heavy atom. The highest BCUT2D eigenvalue weighted by Gasteiger charge is 2.13. The number of carboxylic acid groups (broad SMARTS) is 1. The number of nitrogens with one attached hydrogen (secondary N) is 1. The fourth-order valence-electron chi connectivity index (χ4n) is 1.58. The Kier molecular flexibility index (Phi) is 4.48. The van der Waals surface area contributed by atoms with E-state index in [1.165, 1.54) is 29.5 Å². The molecular weight excluding hydrogens is 300 g/mol. The zero-order chi connectivity index (χ0) is 14.6. The summed E-state index contributed by atoms with van der Waals surface area (Å²) in [5.74, 6) is -1.35. The third-order valence-electron chi connectivity index (χ3n) is 2.46. The number of rotatable bonds is 6. The van der Waals surface area contributed by atoms with Crippen LogP contribution in [0.5, 0.6) is 0 Å². The number of hydrogen-bond acceptors (Lipinski definition) is 5. The number of carbonyl (C=O) groups is 1. The fourth-order valence-corrected chi connectivity index (χ4v) is 3.30. The number of sulfonamides is 1. The Morgan fingerprint density at radius 3 is 2.85 bits per heavy atom. The summed E-state index contributed by atoms with van der Waals surface area (Å²) in [7, 11) is -3.53. The summed E-state index contributed by atoms with van der Waals surface area (Å²) in [5, 5.41) is 11.3. The highest BCUT2D eigenvalue weighted by atomic mass is 32.2. The molecule has 0 amide bonds. The summed E-state index contributed by atoms with van der Waals surface area (Å²) >= 11 is 1.36. The van der Waals surface area contributed by atoms with Gasteiger partial charge in [-0.15, -0.1) is 11.3 Å². The van der Waals surface area contributed by atoms with Gasteiger partial charge >= 0.3 is 5.97 Å². The minimum absolute atomic E-state index is 0.0672. The van der Waals surface area contributed by atoms with Crippen molar-refractivity contribution in [2.45, 2.75) is 12.3 Å². The van der Waals surface area contributed by atoms with Gasteiger partial charge in [0, 0.05) is 11.6 Å². The molecule has 0 radical (unpaired) electrons. The highest BCUT2D eigenvalue weighted by molar-refractivity contribution is 7.88. The van der Waals surface area contributed by atoms with Crippen LogP contribution >= 0.6 is 11.3 Å². The molecule has 0 unspecified atom stereocenters. The summed E-state index contributed by atoms with van der Waals surface area (Å²) in [6.07, 6.45) is 1.60. The second kappa shape index (κ2) is 6.12. The number of thiazole rings is 1. The molecule has 8 heteroatoms. The minimum Gasteiger partial charge on any atom is -0.478 e. The quantitative estimate of drug-likeness (QED) is 0.842. The van der Waals surface area contributed by atoms with Crippen molar-refractivity contribution in [1.82, 2.24) is 9.71 Å². The maximum atomic E-state index is 11.9. The number of benzene rings is 1. The molecule has 20 heavy (non-hydrogen) atoms. The summed E-state index contributed by atoms with van der Waals surface area (Å²) < 4.78 is 26.2. The first-order valence-corrected chi connectivity index (χ1v) is 8.17. The lowest BCUT2D eigenvalue weighted by Crippen LogP contribution is -2.24. The first-order valence-electron chi connectivity index (χ1n) is 5.64. The van der Waals surface area contributed by atoms with Crippen LogP contribution in [0.3, 0.4) is 0 Å². The zero-order valence-corrected chi connectivity index (χ0v) is 11.9. The van der Waals surface area contributed by atoms with E-state index < -0.39 is 16.0 Å². The van der Waals surface area contributed by atoms with Crippen LogP contribution in [0, 0.1) is 0 Å². The molecule has 0 aliphatic rings. The van der Waals surface area contributed by atoms with Crippen LogP contribution in [0.15, 0.2) is 35.8 Å². The molecule has 0 spiro atoms. The smallest absolute Gasteiger partial charge is 0.335 e. The Labute approximate surface area is 120 Å². The third kappa shape index (κ3) is 4.12. The molecule has 0 bridgehead atoms. The van der Waals surface area contributed by atoms with Crippen LogP contribution in [-0.2, 0) is 22.3 Å². The third-order valence-corrected chi connectivity index (χ3v) is 4.53. The van der Waals surface area contributed by atoms with Crippen molar-refractivity contribution in [3.05, 3.63) is 52.0 Å². The standard InChI is InChI=1S/C12H12N2O4S2/c15-12(16)10-3-1-2-9(6-10)8-20(17,18)14-7-11-13-4-5-19-11/h1-6,14H,7-8H2,(H,15,16). The van der Waals surface area contributed by atoms with Gasteiger partial charge in [0.25, 0.3) is 0 Å². The highest BCUT2D eigenvalue weighted by Crippen LogP contribution is 2.10. The van der Waals surface area contributed by atoms with Gasteiger partial charge in [0.2, 0.25) is 10.0 Å². The summed E-state index contributed by atoms with van der Waals surface area (Å²) in [5.41, 5.74) is 0.495. The van der Waals surface area contributed by atoms with Gasteiger partial charge in [0.1, 0.15) is 5.01 Å². The van der Waals surface area contributed by atoms with E-state index in [1.807, 2.05) is 0 Å². The molecule has 2 N–H and O–H groups in total. The van der Waals surface area contributed by atoms with Gasteiger partial charge in [-0.25, -0.2) is 22.9 Å². The van der Waals surface area contributed by atoms with E-state index in [-0.39, 0.29) is 17.9 Å². The molecule has 0 aliphatic carbocycles. The Morgan fingerprint density at radius 2 is 2.20 bits per heavy atom. The maximum absolute atomic E-state index is 11.9. The van der Waals surface area contributed by atoms with Crippen molar-refractivity contribution >= 4 is 27.3 Å². The number of aromatic carboxylic acids is 1. The Bertz CT molecular complexity index is 696.